The Morgan fingerprint density at radius 3 is 2.48 bits per heavy atom. The van der Waals surface area contributed by atoms with Crippen LogP contribution in [0.5, 0.6) is 0 Å². The number of carboxylic acid groups (broad SMARTS) is 1. The SMILES string of the molecule is CC(C)(C)N(CC(=O)O)S(=O)(=O)Cc1cccc(C#N)c1. The van der Waals surface area contributed by atoms with Crippen LogP contribution in [0.3, 0.4) is 0 Å². The van der Waals surface area contributed by atoms with E-state index in [1.807, 2.05) is 6.07 Å². The average Bonchev–Trinajstić information content (AvgIpc) is 2.34. The lowest BCUT2D eigenvalue weighted by molar-refractivity contribution is -0.138. The van der Waals surface area contributed by atoms with Gasteiger partial charge in [0.1, 0.15) is 6.54 Å². The summed E-state index contributed by atoms with van der Waals surface area (Å²) in [4.78, 5) is 10.9. The van der Waals surface area contributed by atoms with Gasteiger partial charge in [0.25, 0.3) is 0 Å². The fraction of sp³-hybridized carbons (Fsp3) is 0.429. The molecule has 1 N–H and O–H groups in total. The molecule has 0 spiro atoms. The second-order valence-electron chi connectivity index (χ2n) is 5.64. The molecule has 7 heteroatoms. The summed E-state index contributed by atoms with van der Waals surface area (Å²) in [5.74, 6) is -1.55. The number of nitriles is 1. The van der Waals surface area contributed by atoms with E-state index in [1.54, 1.807) is 39.0 Å². The molecular formula is C14H18N2O4S. The number of aliphatic carboxylic acids is 1. The van der Waals surface area contributed by atoms with Crippen LogP contribution >= 0.6 is 0 Å². The molecule has 1 aromatic carbocycles. The molecule has 0 bridgehead atoms. The van der Waals surface area contributed by atoms with E-state index in [1.165, 1.54) is 6.07 Å². The zero-order valence-corrected chi connectivity index (χ0v) is 13.0. The Balaban J connectivity index is 3.12. The molecule has 6 nitrogen and oxygen atoms in total. The molecule has 1 aromatic rings. The number of hydrogen-bond donors (Lipinski definition) is 1. The lowest BCUT2D eigenvalue weighted by Gasteiger charge is -2.33. The Morgan fingerprint density at radius 2 is 2.00 bits per heavy atom. The van der Waals surface area contributed by atoms with Crippen molar-refractivity contribution < 1.29 is 18.3 Å². The number of benzene rings is 1. The van der Waals surface area contributed by atoms with Gasteiger partial charge in [-0.25, -0.2) is 8.42 Å². The van der Waals surface area contributed by atoms with Gasteiger partial charge in [-0.05, 0) is 38.5 Å². The Kier molecular flexibility index (Phi) is 5.10. The van der Waals surface area contributed by atoms with Crippen LogP contribution in [0.4, 0.5) is 0 Å². The van der Waals surface area contributed by atoms with Gasteiger partial charge in [-0.15, -0.1) is 0 Å². The van der Waals surface area contributed by atoms with Gasteiger partial charge in [-0.3, -0.25) is 4.79 Å². The molecule has 1 rings (SSSR count). The van der Waals surface area contributed by atoms with Gasteiger partial charge >= 0.3 is 5.97 Å². The number of rotatable bonds is 5. The summed E-state index contributed by atoms with van der Waals surface area (Å²) in [7, 11) is -3.81. The van der Waals surface area contributed by atoms with Crippen molar-refractivity contribution in [3.63, 3.8) is 0 Å². The summed E-state index contributed by atoms with van der Waals surface area (Å²) < 4.78 is 25.9. The number of hydrogen-bond acceptors (Lipinski definition) is 4. The van der Waals surface area contributed by atoms with E-state index >= 15 is 0 Å². The van der Waals surface area contributed by atoms with Crippen molar-refractivity contribution in [2.24, 2.45) is 0 Å². The molecule has 0 aromatic heterocycles. The molecule has 0 fully saturated rings. The lowest BCUT2D eigenvalue weighted by Crippen LogP contribution is -2.48. The van der Waals surface area contributed by atoms with Crippen molar-refractivity contribution in [3.8, 4) is 6.07 Å². The summed E-state index contributed by atoms with van der Waals surface area (Å²) >= 11 is 0. The van der Waals surface area contributed by atoms with Crippen LogP contribution in [0, 0.1) is 11.3 Å². The Labute approximate surface area is 124 Å². The van der Waals surface area contributed by atoms with E-state index in [0.29, 0.717) is 11.1 Å². The number of carbonyl (C=O) groups is 1. The quantitative estimate of drug-likeness (QED) is 0.890. The molecule has 0 saturated carbocycles. The highest BCUT2D eigenvalue weighted by molar-refractivity contribution is 7.88. The van der Waals surface area contributed by atoms with Crippen LogP contribution in [0.2, 0.25) is 0 Å². The Morgan fingerprint density at radius 1 is 1.38 bits per heavy atom. The first-order chi connectivity index (χ1) is 9.56. The van der Waals surface area contributed by atoms with Gasteiger partial charge in [0.05, 0.1) is 17.4 Å². The fourth-order valence-corrected chi connectivity index (χ4v) is 3.79. The molecule has 0 atom stereocenters. The molecule has 0 aliphatic heterocycles. The molecule has 0 heterocycles. The van der Waals surface area contributed by atoms with Crippen molar-refractivity contribution in [2.45, 2.75) is 32.1 Å². The number of carboxylic acids is 1. The maximum Gasteiger partial charge on any atom is 0.318 e. The molecule has 21 heavy (non-hydrogen) atoms. The topological polar surface area (TPSA) is 98.5 Å². The Bertz CT molecular complexity index is 669. The molecule has 0 unspecified atom stereocenters. The van der Waals surface area contributed by atoms with E-state index in [4.69, 9.17) is 10.4 Å². The van der Waals surface area contributed by atoms with Gasteiger partial charge in [-0.2, -0.15) is 9.57 Å². The van der Waals surface area contributed by atoms with Crippen molar-refractivity contribution in [2.75, 3.05) is 6.54 Å². The van der Waals surface area contributed by atoms with Gasteiger partial charge in [0.15, 0.2) is 0 Å². The normalized spacial score (nSPS) is 12.1. The van der Waals surface area contributed by atoms with E-state index in [0.717, 1.165) is 4.31 Å². The second-order valence-corrected chi connectivity index (χ2v) is 7.53. The summed E-state index contributed by atoms with van der Waals surface area (Å²) in [6.07, 6.45) is 0. The minimum Gasteiger partial charge on any atom is -0.480 e. The molecule has 0 aliphatic carbocycles. The van der Waals surface area contributed by atoms with Crippen molar-refractivity contribution in [1.82, 2.24) is 4.31 Å². The van der Waals surface area contributed by atoms with Crippen LogP contribution in [0.25, 0.3) is 0 Å². The highest BCUT2D eigenvalue weighted by atomic mass is 32.2. The van der Waals surface area contributed by atoms with Crippen LogP contribution in [-0.4, -0.2) is 35.9 Å². The van der Waals surface area contributed by atoms with Crippen molar-refractivity contribution in [3.05, 3.63) is 35.4 Å². The third kappa shape index (κ3) is 4.85. The predicted octanol–water partition coefficient (Wildman–Crippen LogP) is 1.57. The lowest BCUT2D eigenvalue weighted by atomic mass is 10.1. The average molecular weight is 310 g/mol. The minimum absolute atomic E-state index is 0.340. The smallest absolute Gasteiger partial charge is 0.318 e. The van der Waals surface area contributed by atoms with E-state index < -0.39 is 28.1 Å². The highest BCUT2D eigenvalue weighted by Crippen LogP contribution is 2.21. The number of nitrogens with zero attached hydrogens (tertiary/aromatic N) is 2. The zero-order valence-electron chi connectivity index (χ0n) is 12.2. The van der Waals surface area contributed by atoms with E-state index in [2.05, 4.69) is 0 Å². The first-order valence-electron chi connectivity index (χ1n) is 6.27. The van der Waals surface area contributed by atoms with Crippen molar-refractivity contribution in [1.29, 1.82) is 5.26 Å². The van der Waals surface area contributed by atoms with E-state index in [-0.39, 0.29) is 5.75 Å². The third-order valence-corrected chi connectivity index (χ3v) is 4.81. The predicted molar refractivity (Wildman–Crippen MR) is 77.9 cm³/mol. The van der Waals surface area contributed by atoms with Gasteiger partial charge in [0.2, 0.25) is 10.0 Å². The fourth-order valence-electron chi connectivity index (χ4n) is 1.89. The van der Waals surface area contributed by atoms with Crippen LogP contribution in [0.15, 0.2) is 24.3 Å². The minimum atomic E-state index is -3.81. The molecule has 0 amide bonds. The highest BCUT2D eigenvalue weighted by Gasteiger charge is 2.34. The molecule has 114 valence electrons. The zero-order chi connectivity index (χ0) is 16.3. The third-order valence-electron chi connectivity index (χ3n) is 2.77. The summed E-state index contributed by atoms with van der Waals surface area (Å²) in [5, 5.41) is 17.7. The molecule has 0 saturated heterocycles. The first-order valence-corrected chi connectivity index (χ1v) is 7.88. The van der Waals surface area contributed by atoms with Crippen LogP contribution < -0.4 is 0 Å². The summed E-state index contributed by atoms with van der Waals surface area (Å²) in [6.45, 7) is 4.32. The standard InChI is InChI=1S/C14H18N2O4S/c1-14(2,3)16(9-13(17)18)21(19,20)10-12-6-4-5-11(7-12)8-15/h4-7H,9-10H2,1-3H3,(H,17,18). The summed E-state index contributed by atoms with van der Waals surface area (Å²) in [5.41, 5.74) is -0.0266. The summed E-state index contributed by atoms with van der Waals surface area (Å²) in [6, 6.07) is 8.20. The van der Waals surface area contributed by atoms with Gasteiger partial charge < -0.3 is 5.11 Å². The van der Waals surface area contributed by atoms with Gasteiger partial charge in [0, 0.05) is 5.54 Å². The largest absolute Gasteiger partial charge is 0.480 e. The van der Waals surface area contributed by atoms with Gasteiger partial charge in [-0.1, -0.05) is 12.1 Å². The van der Waals surface area contributed by atoms with Crippen LogP contribution in [0.1, 0.15) is 31.9 Å². The molecule has 0 aliphatic rings. The first kappa shape index (κ1) is 17.1. The maximum absolute atomic E-state index is 12.5. The number of sulfonamides is 1. The maximum atomic E-state index is 12.5. The molecule has 0 radical (unpaired) electrons. The monoisotopic (exact) mass is 310 g/mol. The molecular weight excluding hydrogens is 292 g/mol. The second kappa shape index (κ2) is 6.24. The Hall–Kier alpha value is -1.91. The van der Waals surface area contributed by atoms with Crippen LogP contribution in [-0.2, 0) is 20.6 Å². The van der Waals surface area contributed by atoms with Crippen molar-refractivity contribution >= 4 is 16.0 Å². The van der Waals surface area contributed by atoms with E-state index in [9.17, 15) is 13.2 Å².